The Hall–Kier alpha value is -1.95. The molecule has 2 aromatic carbocycles. The molecule has 0 aliphatic rings. The Morgan fingerprint density at radius 2 is 1.75 bits per heavy atom. The Kier molecular flexibility index (Phi) is 4.04. The van der Waals surface area contributed by atoms with Crippen molar-refractivity contribution in [1.29, 1.82) is 0 Å². The Labute approximate surface area is 124 Å². The first-order valence-corrected chi connectivity index (χ1v) is 6.48. The van der Waals surface area contributed by atoms with Crippen molar-refractivity contribution in [3.8, 4) is 17.2 Å². The maximum atomic E-state index is 11.6. The van der Waals surface area contributed by atoms with Crippen LogP contribution in [0.1, 0.15) is 10.4 Å². The van der Waals surface area contributed by atoms with Crippen LogP contribution < -0.4 is 9.47 Å². The number of phenolic OH excluding ortho intramolecular Hbond substituents is 1. The van der Waals surface area contributed by atoms with Gasteiger partial charge in [0.1, 0.15) is 17.2 Å². The molecule has 5 nitrogen and oxygen atoms in total. The molecular weight excluding hydrogens is 328 g/mol. The Balaban J connectivity index is 2.86. The minimum atomic E-state index is -0.532. The number of fused-ring (bicyclic) bond motifs is 1. The number of carbonyl (C=O) groups is 1. The van der Waals surface area contributed by atoms with E-state index in [9.17, 15) is 9.90 Å². The summed E-state index contributed by atoms with van der Waals surface area (Å²) in [5, 5.41) is 11.2. The number of ether oxygens (including phenoxy) is 3. The quantitative estimate of drug-likeness (QED) is 0.869. The number of hydrogen-bond donors (Lipinski definition) is 1. The summed E-state index contributed by atoms with van der Waals surface area (Å²) in [5.74, 6) is 0.392. The molecule has 0 heterocycles. The summed E-state index contributed by atoms with van der Waals surface area (Å²) in [6.07, 6.45) is 0. The fourth-order valence-corrected chi connectivity index (χ4v) is 2.58. The Morgan fingerprint density at radius 1 is 1.10 bits per heavy atom. The standard InChI is InChI=1S/C14H13BrO5/c1-18-10-6-11(19-2)13(15)8-4-7(14(17)20-3)5-9(16)12(8)10/h4-6,16H,1-3H3. The minimum absolute atomic E-state index is 0.0666. The van der Waals surface area contributed by atoms with E-state index in [1.807, 2.05) is 0 Å². The number of rotatable bonds is 3. The van der Waals surface area contributed by atoms with Crippen LogP contribution in [-0.2, 0) is 4.74 Å². The molecule has 0 bridgehead atoms. The summed E-state index contributed by atoms with van der Waals surface area (Å²) in [7, 11) is 4.30. The normalized spacial score (nSPS) is 10.4. The lowest BCUT2D eigenvalue weighted by Gasteiger charge is -2.13. The molecule has 0 unspecified atom stereocenters. The highest BCUT2D eigenvalue weighted by Gasteiger charge is 2.18. The van der Waals surface area contributed by atoms with Gasteiger partial charge in [0.25, 0.3) is 0 Å². The molecule has 0 aromatic heterocycles. The van der Waals surface area contributed by atoms with Gasteiger partial charge in [-0.15, -0.1) is 0 Å². The third-order valence-electron chi connectivity index (χ3n) is 2.94. The van der Waals surface area contributed by atoms with Crippen molar-refractivity contribution in [3.05, 3.63) is 28.2 Å². The summed E-state index contributed by atoms with van der Waals surface area (Å²) < 4.78 is 15.8. The van der Waals surface area contributed by atoms with Crippen molar-refractivity contribution >= 4 is 32.7 Å². The highest BCUT2D eigenvalue weighted by Crippen LogP contribution is 2.43. The zero-order valence-electron chi connectivity index (χ0n) is 11.2. The second-order valence-electron chi connectivity index (χ2n) is 4.00. The molecule has 20 heavy (non-hydrogen) atoms. The zero-order valence-corrected chi connectivity index (χ0v) is 12.8. The molecule has 2 aromatic rings. The number of carbonyl (C=O) groups excluding carboxylic acids is 1. The lowest BCUT2D eigenvalue weighted by atomic mass is 10.0. The SMILES string of the molecule is COC(=O)c1cc(O)c2c(OC)cc(OC)c(Br)c2c1. The molecule has 2 rings (SSSR count). The first-order valence-electron chi connectivity index (χ1n) is 5.69. The second-order valence-corrected chi connectivity index (χ2v) is 4.80. The van der Waals surface area contributed by atoms with Gasteiger partial charge in [0.2, 0.25) is 0 Å². The molecule has 0 fully saturated rings. The van der Waals surface area contributed by atoms with Crippen molar-refractivity contribution in [1.82, 2.24) is 0 Å². The van der Waals surface area contributed by atoms with Gasteiger partial charge in [-0.1, -0.05) is 0 Å². The van der Waals surface area contributed by atoms with E-state index in [4.69, 9.17) is 9.47 Å². The van der Waals surface area contributed by atoms with Crippen LogP contribution in [0.4, 0.5) is 0 Å². The van der Waals surface area contributed by atoms with Crippen molar-refractivity contribution in [2.24, 2.45) is 0 Å². The highest BCUT2D eigenvalue weighted by molar-refractivity contribution is 9.10. The highest BCUT2D eigenvalue weighted by atomic mass is 79.9. The zero-order chi connectivity index (χ0) is 14.9. The Morgan fingerprint density at radius 3 is 2.30 bits per heavy atom. The average molecular weight is 341 g/mol. The third kappa shape index (κ3) is 2.27. The number of hydrogen-bond acceptors (Lipinski definition) is 5. The van der Waals surface area contributed by atoms with E-state index in [1.165, 1.54) is 27.4 Å². The van der Waals surface area contributed by atoms with Crippen LogP contribution in [0.5, 0.6) is 17.2 Å². The number of phenols is 1. The van der Waals surface area contributed by atoms with E-state index < -0.39 is 5.97 Å². The fraction of sp³-hybridized carbons (Fsp3) is 0.214. The molecule has 106 valence electrons. The van der Waals surface area contributed by atoms with Gasteiger partial charge < -0.3 is 19.3 Å². The monoisotopic (exact) mass is 340 g/mol. The van der Waals surface area contributed by atoms with Crippen LogP contribution in [0.3, 0.4) is 0 Å². The predicted octanol–water partition coefficient (Wildman–Crippen LogP) is 3.11. The van der Waals surface area contributed by atoms with Crippen LogP contribution >= 0.6 is 15.9 Å². The summed E-state index contributed by atoms with van der Waals surface area (Å²) in [6, 6.07) is 4.61. The van der Waals surface area contributed by atoms with Crippen LogP contribution in [0, 0.1) is 0 Å². The molecule has 6 heteroatoms. The lowest BCUT2D eigenvalue weighted by molar-refractivity contribution is 0.0600. The lowest BCUT2D eigenvalue weighted by Crippen LogP contribution is -2.01. The molecule has 0 aliphatic heterocycles. The van der Waals surface area contributed by atoms with Crippen molar-refractivity contribution in [2.45, 2.75) is 0 Å². The fourth-order valence-electron chi connectivity index (χ4n) is 1.99. The molecular formula is C14H13BrO5. The van der Waals surface area contributed by atoms with E-state index in [2.05, 4.69) is 20.7 Å². The van der Waals surface area contributed by atoms with Crippen LogP contribution in [0.2, 0.25) is 0 Å². The number of esters is 1. The van der Waals surface area contributed by atoms with E-state index in [0.717, 1.165) is 0 Å². The molecule has 0 saturated carbocycles. The summed E-state index contributed by atoms with van der Waals surface area (Å²) >= 11 is 3.40. The van der Waals surface area contributed by atoms with Gasteiger partial charge in [0.15, 0.2) is 0 Å². The topological polar surface area (TPSA) is 65.0 Å². The van der Waals surface area contributed by atoms with Crippen molar-refractivity contribution in [2.75, 3.05) is 21.3 Å². The maximum Gasteiger partial charge on any atom is 0.338 e. The molecule has 0 amide bonds. The first-order chi connectivity index (χ1) is 9.53. The van der Waals surface area contributed by atoms with Gasteiger partial charge >= 0.3 is 5.97 Å². The first kappa shape index (κ1) is 14.5. The summed E-state index contributed by atoms with van der Waals surface area (Å²) in [5.41, 5.74) is 0.244. The van der Waals surface area contributed by atoms with Gasteiger partial charge in [-0.3, -0.25) is 0 Å². The number of halogens is 1. The smallest absolute Gasteiger partial charge is 0.338 e. The number of benzene rings is 2. The number of methoxy groups -OCH3 is 3. The van der Waals surface area contributed by atoms with Gasteiger partial charge in [-0.25, -0.2) is 4.79 Å². The van der Waals surface area contributed by atoms with Crippen LogP contribution in [-0.4, -0.2) is 32.4 Å². The molecule has 0 spiro atoms. The average Bonchev–Trinajstić information content (AvgIpc) is 2.47. The van der Waals surface area contributed by atoms with Gasteiger partial charge in [-0.05, 0) is 28.1 Å². The summed E-state index contributed by atoms with van der Waals surface area (Å²) in [4.78, 5) is 11.6. The Bertz CT molecular complexity index is 681. The molecule has 1 N–H and O–H groups in total. The van der Waals surface area contributed by atoms with Crippen molar-refractivity contribution < 1.29 is 24.1 Å². The van der Waals surface area contributed by atoms with Crippen LogP contribution in [0.25, 0.3) is 10.8 Å². The predicted molar refractivity (Wildman–Crippen MR) is 77.8 cm³/mol. The van der Waals surface area contributed by atoms with Crippen LogP contribution in [0.15, 0.2) is 22.7 Å². The third-order valence-corrected chi connectivity index (χ3v) is 3.76. The number of aromatic hydroxyl groups is 1. The molecule has 0 saturated heterocycles. The van der Waals surface area contributed by atoms with Gasteiger partial charge in [-0.2, -0.15) is 0 Å². The summed E-state index contributed by atoms with van der Waals surface area (Å²) in [6.45, 7) is 0. The van der Waals surface area contributed by atoms with E-state index in [1.54, 1.807) is 12.1 Å². The molecule has 0 radical (unpaired) electrons. The van der Waals surface area contributed by atoms with Gasteiger partial charge in [0, 0.05) is 11.5 Å². The van der Waals surface area contributed by atoms with E-state index in [0.29, 0.717) is 26.7 Å². The van der Waals surface area contributed by atoms with Gasteiger partial charge in [0.05, 0.1) is 36.8 Å². The largest absolute Gasteiger partial charge is 0.507 e. The van der Waals surface area contributed by atoms with E-state index in [-0.39, 0.29) is 11.3 Å². The van der Waals surface area contributed by atoms with E-state index >= 15 is 0 Å². The molecule has 0 atom stereocenters. The molecule has 0 aliphatic carbocycles. The maximum absolute atomic E-state index is 11.6. The minimum Gasteiger partial charge on any atom is -0.507 e. The van der Waals surface area contributed by atoms with Crippen molar-refractivity contribution in [3.63, 3.8) is 0 Å². The second kappa shape index (κ2) is 5.58.